The molecule has 0 radical (unpaired) electrons. The maximum atomic E-state index is 12.5. The Morgan fingerprint density at radius 2 is 2.25 bits per heavy atom. The van der Waals surface area contributed by atoms with Gasteiger partial charge in [-0.25, -0.2) is 0 Å². The van der Waals surface area contributed by atoms with Gasteiger partial charge in [0.25, 0.3) is 5.91 Å². The Kier molecular flexibility index (Phi) is 3.36. The van der Waals surface area contributed by atoms with E-state index in [9.17, 15) is 4.79 Å². The lowest BCUT2D eigenvalue weighted by atomic mass is 10.1. The van der Waals surface area contributed by atoms with Crippen LogP contribution in [0.5, 0.6) is 5.75 Å². The van der Waals surface area contributed by atoms with Gasteiger partial charge in [-0.05, 0) is 41.6 Å². The average molecular weight is 288 g/mol. The Balaban J connectivity index is 1.83. The highest BCUT2D eigenvalue weighted by molar-refractivity contribution is 7.10. The van der Waals surface area contributed by atoms with Crippen LogP contribution in [-0.2, 0) is 13.0 Å². The summed E-state index contributed by atoms with van der Waals surface area (Å²) in [6.07, 6.45) is 0.935. The first-order valence-electron chi connectivity index (χ1n) is 6.47. The summed E-state index contributed by atoms with van der Waals surface area (Å²) in [5, 5.41) is 2.09. The number of nitrogen functional groups attached to an aromatic ring is 1. The highest BCUT2D eigenvalue weighted by atomic mass is 32.1. The summed E-state index contributed by atoms with van der Waals surface area (Å²) < 4.78 is 5.17. The first-order chi connectivity index (χ1) is 9.69. The molecule has 1 aliphatic rings. The third-order valence-electron chi connectivity index (χ3n) is 3.58. The average Bonchev–Trinajstić information content (AvgIpc) is 2.94. The Morgan fingerprint density at radius 1 is 1.40 bits per heavy atom. The minimum absolute atomic E-state index is 0.0279. The standard InChI is InChI=1S/C15H16N2O2S/c1-19-13-8-10(2-3-12(13)16)15(18)17-6-4-14-11(9-17)5-7-20-14/h2-3,5,7-8H,4,6,9,16H2,1H3. The van der Waals surface area contributed by atoms with Gasteiger partial charge in [-0.2, -0.15) is 0 Å². The molecule has 0 bridgehead atoms. The van der Waals surface area contributed by atoms with Crippen LogP contribution in [-0.4, -0.2) is 24.5 Å². The number of hydrogen-bond acceptors (Lipinski definition) is 4. The van der Waals surface area contributed by atoms with Gasteiger partial charge in [-0.3, -0.25) is 4.79 Å². The van der Waals surface area contributed by atoms with E-state index in [1.807, 2.05) is 4.90 Å². The first-order valence-corrected chi connectivity index (χ1v) is 7.35. The number of thiophene rings is 1. The summed E-state index contributed by atoms with van der Waals surface area (Å²) in [6, 6.07) is 7.28. The van der Waals surface area contributed by atoms with E-state index in [4.69, 9.17) is 10.5 Å². The van der Waals surface area contributed by atoms with Gasteiger partial charge >= 0.3 is 0 Å². The molecule has 0 saturated heterocycles. The molecule has 4 nitrogen and oxygen atoms in total. The van der Waals surface area contributed by atoms with Crippen LogP contribution in [0, 0.1) is 0 Å². The molecule has 2 N–H and O–H groups in total. The van der Waals surface area contributed by atoms with E-state index in [-0.39, 0.29) is 5.91 Å². The van der Waals surface area contributed by atoms with Crippen LogP contribution in [0.3, 0.4) is 0 Å². The molecule has 20 heavy (non-hydrogen) atoms. The number of methoxy groups -OCH3 is 1. The third-order valence-corrected chi connectivity index (χ3v) is 4.60. The van der Waals surface area contributed by atoms with Crippen molar-refractivity contribution >= 4 is 22.9 Å². The second-order valence-electron chi connectivity index (χ2n) is 4.80. The molecule has 1 amide bonds. The van der Waals surface area contributed by atoms with E-state index >= 15 is 0 Å². The minimum atomic E-state index is 0.0279. The second-order valence-corrected chi connectivity index (χ2v) is 5.80. The number of nitrogens with zero attached hydrogens (tertiary/aromatic N) is 1. The summed E-state index contributed by atoms with van der Waals surface area (Å²) >= 11 is 1.77. The van der Waals surface area contributed by atoms with Crippen LogP contribution in [0.4, 0.5) is 5.69 Å². The smallest absolute Gasteiger partial charge is 0.254 e. The third kappa shape index (κ3) is 2.25. The van der Waals surface area contributed by atoms with Gasteiger partial charge in [0.05, 0.1) is 12.8 Å². The molecule has 1 aliphatic heterocycles. The Bertz CT molecular complexity index is 651. The lowest BCUT2D eigenvalue weighted by Crippen LogP contribution is -2.35. The molecule has 0 unspecified atom stereocenters. The molecule has 0 atom stereocenters. The van der Waals surface area contributed by atoms with Gasteiger partial charge < -0.3 is 15.4 Å². The summed E-state index contributed by atoms with van der Waals surface area (Å²) in [7, 11) is 1.55. The normalized spacial score (nSPS) is 13.9. The second kappa shape index (κ2) is 5.17. The van der Waals surface area contributed by atoms with Gasteiger partial charge in [0, 0.05) is 23.5 Å². The Hall–Kier alpha value is -2.01. The summed E-state index contributed by atoms with van der Waals surface area (Å²) in [5.41, 5.74) is 8.20. The molecule has 2 heterocycles. The number of fused-ring (bicyclic) bond motifs is 1. The molecule has 0 saturated carbocycles. The molecule has 0 spiro atoms. The molecule has 0 fully saturated rings. The van der Waals surface area contributed by atoms with E-state index in [1.165, 1.54) is 10.4 Å². The number of amides is 1. The zero-order valence-electron chi connectivity index (χ0n) is 11.3. The van der Waals surface area contributed by atoms with E-state index in [0.29, 0.717) is 23.5 Å². The zero-order valence-corrected chi connectivity index (χ0v) is 12.1. The van der Waals surface area contributed by atoms with Crippen molar-refractivity contribution in [3.05, 3.63) is 45.6 Å². The number of rotatable bonds is 2. The van der Waals surface area contributed by atoms with Crippen molar-refractivity contribution in [2.45, 2.75) is 13.0 Å². The van der Waals surface area contributed by atoms with Gasteiger partial charge in [0.15, 0.2) is 0 Å². The zero-order chi connectivity index (χ0) is 14.1. The largest absolute Gasteiger partial charge is 0.495 e. The molecule has 3 rings (SSSR count). The predicted molar refractivity (Wildman–Crippen MR) is 80.2 cm³/mol. The number of hydrogen-bond donors (Lipinski definition) is 1. The number of carbonyl (C=O) groups is 1. The van der Waals surface area contributed by atoms with Crippen molar-refractivity contribution in [1.29, 1.82) is 0 Å². The molecular formula is C15H16N2O2S. The van der Waals surface area contributed by atoms with Gasteiger partial charge in [0.1, 0.15) is 5.75 Å². The quantitative estimate of drug-likeness (QED) is 0.864. The van der Waals surface area contributed by atoms with Crippen molar-refractivity contribution in [1.82, 2.24) is 4.90 Å². The Morgan fingerprint density at radius 3 is 3.05 bits per heavy atom. The number of anilines is 1. The topological polar surface area (TPSA) is 55.6 Å². The fourth-order valence-corrected chi connectivity index (χ4v) is 3.34. The molecule has 1 aromatic carbocycles. The van der Waals surface area contributed by atoms with Crippen molar-refractivity contribution in [2.24, 2.45) is 0 Å². The lowest BCUT2D eigenvalue weighted by molar-refractivity contribution is 0.0735. The molecule has 104 valence electrons. The van der Waals surface area contributed by atoms with Crippen LogP contribution in [0.25, 0.3) is 0 Å². The predicted octanol–water partition coefficient (Wildman–Crippen LogP) is 2.54. The van der Waals surface area contributed by atoms with E-state index in [0.717, 1.165) is 13.0 Å². The van der Waals surface area contributed by atoms with Crippen LogP contribution in [0.1, 0.15) is 20.8 Å². The first kappa shape index (κ1) is 13.0. The van der Waals surface area contributed by atoms with Gasteiger partial charge in [-0.15, -0.1) is 11.3 Å². The van der Waals surface area contributed by atoms with Crippen LogP contribution in [0.2, 0.25) is 0 Å². The maximum Gasteiger partial charge on any atom is 0.254 e. The van der Waals surface area contributed by atoms with Crippen molar-refractivity contribution < 1.29 is 9.53 Å². The van der Waals surface area contributed by atoms with Gasteiger partial charge in [-0.1, -0.05) is 0 Å². The molecule has 1 aromatic heterocycles. The van der Waals surface area contributed by atoms with Crippen molar-refractivity contribution in [3.63, 3.8) is 0 Å². The monoisotopic (exact) mass is 288 g/mol. The van der Waals surface area contributed by atoms with E-state index < -0.39 is 0 Å². The number of ether oxygens (including phenoxy) is 1. The highest BCUT2D eigenvalue weighted by Gasteiger charge is 2.22. The van der Waals surface area contributed by atoms with Crippen LogP contribution >= 0.6 is 11.3 Å². The van der Waals surface area contributed by atoms with E-state index in [2.05, 4.69) is 11.4 Å². The van der Waals surface area contributed by atoms with E-state index in [1.54, 1.807) is 36.6 Å². The molecule has 2 aromatic rings. The number of nitrogens with two attached hydrogens (primary N) is 1. The van der Waals surface area contributed by atoms with Crippen molar-refractivity contribution in [2.75, 3.05) is 19.4 Å². The summed E-state index contributed by atoms with van der Waals surface area (Å²) in [5.74, 6) is 0.573. The minimum Gasteiger partial charge on any atom is -0.495 e. The van der Waals surface area contributed by atoms with Crippen LogP contribution in [0.15, 0.2) is 29.6 Å². The Labute approximate surface area is 121 Å². The maximum absolute atomic E-state index is 12.5. The van der Waals surface area contributed by atoms with Crippen LogP contribution < -0.4 is 10.5 Å². The fourth-order valence-electron chi connectivity index (χ4n) is 2.45. The molecular weight excluding hydrogens is 272 g/mol. The highest BCUT2D eigenvalue weighted by Crippen LogP contribution is 2.27. The number of benzene rings is 1. The SMILES string of the molecule is COc1cc(C(=O)N2CCc3sccc3C2)ccc1N. The molecule has 5 heteroatoms. The van der Waals surface area contributed by atoms with Crippen molar-refractivity contribution in [3.8, 4) is 5.75 Å². The number of carbonyl (C=O) groups excluding carboxylic acids is 1. The van der Waals surface area contributed by atoms with Gasteiger partial charge in [0.2, 0.25) is 0 Å². The lowest BCUT2D eigenvalue weighted by Gasteiger charge is -2.27. The summed E-state index contributed by atoms with van der Waals surface area (Å²) in [4.78, 5) is 15.8. The fraction of sp³-hybridized carbons (Fsp3) is 0.267. The summed E-state index contributed by atoms with van der Waals surface area (Å²) in [6.45, 7) is 1.45. The molecule has 0 aliphatic carbocycles.